The zero-order valence-electron chi connectivity index (χ0n) is 10.2. The van der Waals surface area contributed by atoms with Crippen LogP contribution in [0.2, 0.25) is 0 Å². The van der Waals surface area contributed by atoms with Gasteiger partial charge in [-0.05, 0) is 39.5 Å². The number of aliphatic hydroxyl groups excluding tert-OH is 2. The minimum atomic E-state index is -1.18. The van der Waals surface area contributed by atoms with Crippen LogP contribution in [0.3, 0.4) is 0 Å². The van der Waals surface area contributed by atoms with E-state index in [0.29, 0.717) is 0 Å². The van der Waals surface area contributed by atoms with Gasteiger partial charge in [-0.25, -0.2) is 0 Å². The molecule has 2 N–H and O–H groups in total. The van der Waals surface area contributed by atoms with E-state index in [4.69, 9.17) is 14.9 Å². The third-order valence-corrected chi connectivity index (χ3v) is 3.44. The largest absolute Gasteiger partial charge is 0.459 e. The summed E-state index contributed by atoms with van der Waals surface area (Å²) in [7, 11) is 0. The summed E-state index contributed by atoms with van der Waals surface area (Å²) in [6, 6.07) is 0. The van der Waals surface area contributed by atoms with Gasteiger partial charge in [-0.15, -0.1) is 0 Å². The number of esters is 1. The van der Waals surface area contributed by atoms with Crippen molar-refractivity contribution in [2.24, 2.45) is 5.41 Å². The molecule has 0 heterocycles. The van der Waals surface area contributed by atoms with E-state index in [1.165, 1.54) is 13.3 Å². The number of carbonyl (C=O) groups excluding carboxylic acids is 1. The van der Waals surface area contributed by atoms with Gasteiger partial charge in [-0.1, -0.05) is 6.42 Å². The highest BCUT2D eigenvalue weighted by Gasteiger charge is 2.39. The lowest BCUT2D eigenvalue weighted by Gasteiger charge is -2.36. The maximum Gasteiger partial charge on any atom is 0.317 e. The predicted molar refractivity (Wildman–Crippen MR) is 59.9 cm³/mol. The van der Waals surface area contributed by atoms with Crippen molar-refractivity contribution in [3.8, 4) is 0 Å². The van der Waals surface area contributed by atoms with Crippen molar-refractivity contribution in [2.75, 3.05) is 13.2 Å². The molecule has 94 valence electrons. The van der Waals surface area contributed by atoms with Crippen molar-refractivity contribution in [1.82, 2.24) is 0 Å². The van der Waals surface area contributed by atoms with Crippen molar-refractivity contribution in [1.29, 1.82) is 0 Å². The van der Waals surface area contributed by atoms with Gasteiger partial charge in [0.1, 0.15) is 11.0 Å². The van der Waals surface area contributed by atoms with Crippen LogP contribution >= 0.6 is 0 Å². The first kappa shape index (κ1) is 13.5. The van der Waals surface area contributed by atoms with Gasteiger partial charge >= 0.3 is 5.97 Å². The van der Waals surface area contributed by atoms with E-state index in [-0.39, 0.29) is 0 Å². The van der Waals surface area contributed by atoms with Crippen LogP contribution in [0.1, 0.15) is 46.0 Å². The van der Waals surface area contributed by atoms with E-state index in [2.05, 4.69) is 0 Å². The molecule has 0 spiro atoms. The van der Waals surface area contributed by atoms with Crippen molar-refractivity contribution < 1.29 is 19.7 Å². The SMILES string of the molecule is CC1(OC(=O)C(C)(CO)CO)CCCCC1. The van der Waals surface area contributed by atoms with Gasteiger partial charge in [0.15, 0.2) is 0 Å². The molecule has 0 saturated heterocycles. The molecule has 1 rings (SSSR count). The molecule has 1 aliphatic carbocycles. The third kappa shape index (κ3) is 2.95. The van der Waals surface area contributed by atoms with Crippen molar-refractivity contribution >= 4 is 5.97 Å². The molecule has 0 aromatic rings. The molecule has 1 saturated carbocycles. The molecule has 4 nitrogen and oxygen atoms in total. The first-order valence-electron chi connectivity index (χ1n) is 5.91. The highest BCUT2D eigenvalue weighted by molar-refractivity contribution is 5.77. The van der Waals surface area contributed by atoms with E-state index in [9.17, 15) is 4.79 Å². The molecular weight excluding hydrogens is 208 g/mol. The first-order chi connectivity index (χ1) is 7.46. The smallest absolute Gasteiger partial charge is 0.317 e. The Hall–Kier alpha value is -0.610. The van der Waals surface area contributed by atoms with Gasteiger partial charge in [0.05, 0.1) is 13.2 Å². The van der Waals surface area contributed by atoms with E-state index in [1.54, 1.807) is 0 Å². The van der Waals surface area contributed by atoms with Crippen molar-refractivity contribution in [2.45, 2.75) is 51.6 Å². The second kappa shape index (κ2) is 5.15. The summed E-state index contributed by atoms with van der Waals surface area (Å²) < 4.78 is 5.47. The number of carbonyl (C=O) groups is 1. The molecule has 1 aliphatic rings. The molecule has 0 aliphatic heterocycles. The fourth-order valence-corrected chi connectivity index (χ4v) is 1.93. The Kier molecular flexibility index (Phi) is 4.33. The zero-order chi connectivity index (χ0) is 12.2. The molecule has 0 amide bonds. The standard InChI is InChI=1S/C12H22O4/c1-11(8-13,9-14)10(15)16-12(2)6-4-3-5-7-12/h13-14H,3-9H2,1-2H3. The molecule has 0 aromatic carbocycles. The van der Waals surface area contributed by atoms with Crippen LogP contribution in [0.5, 0.6) is 0 Å². The van der Waals surface area contributed by atoms with Gasteiger partial charge in [-0.2, -0.15) is 0 Å². The summed E-state index contributed by atoms with van der Waals surface area (Å²) in [5, 5.41) is 18.2. The van der Waals surface area contributed by atoms with E-state index in [0.717, 1.165) is 25.7 Å². The van der Waals surface area contributed by atoms with Crippen LogP contribution < -0.4 is 0 Å². The molecule has 0 bridgehead atoms. The van der Waals surface area contributed by atoms with Crippen LogP contribution in [0.25, 0.3) is 0 Å². The average Bonchev–Trinajstić information content (AvgIpc) is 2.28. The fraction of sp³-hybridized carbons (Fsp3) is 0.917. The Bertz CT molecular complexity index is 239. The van der Waals surface area contributed by atoms with Gasteiger partial charge in [0.2, 0.25) is 0 Å². The molecule has 16 heavy (non-hydrogen) atoms. The Balaban J connectivity index is 2.62. The second-order valence-corrected chi connectivity index (χ2v) is 5.28. The quantitative estimate of drug-likeness (QED) is 0.713. The molecule has 4 heteroatoms. The molecule has 0 unspecified atom stereocenters. The monoisotopic (exact) mass is 230 g/mol. The lowest BCUT2D eigenvalue weighted by atomic mass is 9.85. The predicted octanol–water partition coefficient (Wildman–Crippen LogP) is 1.24. The highest BCUT2D eigenvalue weighted by atomic mass is 16.6. The molecular formula is C12H22O4. The Morgan fingerprint density at radius 3 is 2.19 bits per heavy atom. The number of aliphatic hydroxyl groups is 2. The summed E-state index contributed by atoms with van der Waals surface area (Å²) in [4.78, 5) is 11.9. The topological polar surface area (TPSA) is 66.8 Å². The maximum absolute atomic E-state index is 11.9. The lowest BCUT2D eigenvalue weighted by Crippen LogP contribution is -2.43. The fourth-order valence-electron chi connectivity index (χ4n) is 1.93. The van der Waals surface area contributed by atoms with Crippen LogP contribution in [0.15, 0.2) is 0 Å². The zero-order valence-corrected chi connectivity index (χ0v) is 10.2. The Morgan fingerprint density at radius 2 is 1.75 bits per heavy atom. The normalized spacial score (nSPS) is 20.5. The maximum atomic E-state index is 11.9. The minimum Gasteiger partial charge on any atom is -0.459 e. The Labute approximate surface area is 96.6 Å². The summed E-state index contributed by atoms with van der Waals surface area (Å²) in [5.74, 6) is -0.498. The highest BCUT2D eigenvalue weighted by Crippen LogP contribution is 2.33. The molecule has 1 fully saturated rings. The minimum absolute atomic E-state index is 0.390. The molecule has 0 aromatic heterocycles. The third-order valence-electron chi connectivity index (χ3n) is 3.44. The van der Waals surface area contributed by atoms with Crippen molar-refractivity contribution in [3.05, 3.63) is 0 Å². The lowest BCUT2D eigenvalue weighted by molar-refractivity contribution is -0.177. The number of hydrogen-bond acceptors (Lipinski definition) is 4. The van der Waals surface area contributed by atoms with Crippen LogP contribution in [-0.4, -0.2) is 35.0 Å². The number of ether oxygens (including phenoxy) is 1. The summed E-state index contributed by atoms with van der Waals surface area (Å²) in [6.45, 7) is 2.66. The van der Waals surface area contributed by atoms with E-state index >= 15 is 0 Å². The Morgan fingerprint density at radius 1 is 1.25 bits per heavy atom. The summed E-state index contributed by atoms with van der Waals surface area (Å²) in [6.07, 6.45) is 5.05. The number of rotatable bonds is 4. The average molecular weight is 230 g/mol. The molecule has 0 radical (unpaired) electrons. The van der Waals surface area contributed by atoms with Crippen LogP contribution in [0.4, 0.5) is 0 Å². The van der Waals surface area contributed by atoms with Gasteiger partial charge < -0.3 is 14.9 Å². The van der Waals surface area contributed by atoms with E-state index in [1.807, 2.05) is 6.92 Å². The van der Waals surface area contributed by atoms with Crippen LogP contribution in [0, 0.1) is 5.41 Å². The van der Waals surface area contributed by atoms with Crippen molar-refractivity contribution in [3.63, 3.8) is 0 Å². The second-order valence-electron chi connectivity index (χ2n) is 5.28. The van der Waals surface area contributed by atoms with Gasteiger partial charge in [0.25, 0.3) is 0 Å². The number of hydrogen-bond donors (Lipinski definition) is 2. The first-order valence-corrected chi connectivity index (χ1v) is 5.91. The summed E-state index contributed by atoms with van der Waals surface area (Å²) >= 11 is 0. The van der Waals surface area contributed by atoms with Crippen LogP contribution in [-0.2, 0) is 9.53 Å². The van der Waals surface area contributed by atoms with Gasteiger partial charge in [-0.3, -0.25) is 4.79 Å². The molecule has 0 atom stereocenters. The summed E-state index contributed by atoms with van der Waals surface area (Å²) in [5.41, 5.74) is -1.60. The van der Waals surface area contributed by atoms with Gasteiger partial charge in [0, 0.05) is 0 Å². The van der Waals surface area contributed by atoms with E-state index < -0.39 is 30.2 Å².